The van der Waals surface area contributed by atoms with E-state index in [2.05, 4.69) is 44.8 Å². The molecule has 1 aliphatic rings. The summed E-state index contributed by atoms with van der Waals surface area (Å²) in [6, 6.07) is 0.0804. The van der Waals surface area contributed by atoms with E-state index in [-0.39, 0.29) is 23.0 Å². The number of hydrogen-bond donors (Lipinski definition) is 2. The van der Waals surface area contributed by atoms with Gasteiger partial charge in [-0.15, -0.1) is 0 Å². The van der Waals surface area contributed by atoms with Gasteiger partial charge in [-0.25, -0.2) is 4.79 Å². The van der Waals surface area contributed by atoms with Crippen molar-refractivity contribution < 1.29 is 19.7 Å². The third kappa shape index (κ3) is 5.57. The Hall–Kier alpha value is -1.14. The number of nitrogens with zero attached hydrogens (tertiary/aromatic N) is 1. The first-order valence-corrected chi connectivity index (χ1v) is 8.03. The molecule has 0 aromatic rings. The van der Waals surface area contributed by atoms with E-state index >= 15 is 0 Å². The molecular weight excluding hydrogens is 284 g/mol. The first-order valence-electron chi connectivity index (χ1n) is 8.03. The fourth-order valence-electron chi connectivity index (χ4n) is 3.59. The summed E-state index contributed by atoms with van der Waals surface area (Å²) in [4.78, 5) is 29.1. The molecule has 1 rings (SSSR count). The van der Waals surface area contributed by atoms with E-state index in [1.807, 2.05) is 0 Å². The highest BCUT2D eigenvalue weighted by Gasteiger charge is 2.41. The molecule has 6 nitrogen and oxygen atoms in total. The van der Waals surface area contributed by atoms with Crippen LogP contribution in [0.25, 0.3) is 0 Å². The van der Waals surface area contributed by atoms with Crippen LogP contribution in [0.1, 0.15) is 66.7 Å². The minimum absolute atomic E-state index is 0.0748. The second kappa shape index (κ2) is 7.42. The smallest absolute Gasteiger partial charge is 0.339 e. The predicted molar refractivity (Wildman–Crippen MR) is 84.3 cm³/mol. The van der Waals surface area contributed by atoms with Gasteiger partial charge in [-0.2, -0.15) is 5.26 Å². The summed E-state index contributed by atoms with van der Waals surface area (Å²) < 4.78 is 0. The predicted octanol–water partition coefficient (Wildman–Crippen LogP) is 2.33. The van der Waals surface area contributed by atoms with Gasteiger partial charge >= 0.3 is 5.97 Å². The molecule has 1 fully saturated rings. The maximum atomic E-state index is 12.4. The second-order valence-corrected chi connectivity index (χ2v) is 7.54. The van der Waals surface area contributed by atoms with Crippen LogP contribution in [0.2, 0.25) is 0 Å². The van der Waals surface area contributed by atoms with Gasteiger partial charge in [0.1, 0.15) is 6.42 Å². The summed E-state index contributed by atoms with van der Waals surface area (Å²) in [5.74, 6) is -1.18. The molecule has 0 saturated carbocycles. The van der Waals surface area contributed by atoms with Crippen LogP contribution in [-0.4, -0.2) is 45.7 Å². The second-order valence-electron chi connectivity index (χ2n) is 7.54. The fraction of sp³-hybridized carbons (Fsp3) is 0.875. The minimum Gasteiger partial charge on any atom is -0.339 e. The molecule has 2 N–H and O–H groups in total. The van der Waals surface area contributed by atoms with Crippen LogP contribution in [0.15, 0.2) is 0 Å². The third-order valence-electron chi connectivity index (χ3n) is 4.08. The highest BCUT2D eigenvalue weighted by molar-refractivity contribution is 5.94. The lowest BCUT2D eigenvalue weighted by Gasteiger charge is -2.49. The minimum atomic E-state index is -0.904. The van der Waals surface area contributed by atoms with Gasteiger partial charge in [0.05, 0.1) is 0 Å². The van der Waals surface area contributed by atoms with Crippen molar-refractivity contribution in [2.45, 2.75) is 83.8 Å². The fourth-order valence-corrected chi connectivity index (χ4v) is 3.59. The van der Waals surface area contributed by atoms with Crippen molar-refractivity contribution in [1.82, 2.24) is 10.2 Å². The van der Waals surface area contributed by atoms with Crippen molar-refractivity contribution >= 4 is 11.9 Å². The molecule has 0 unspecified atom stereocenters. The number of rotatable bonds is 6. The molecule has 1 amide bonds. The molecule has 0 bridgehead atoms. The lowest BCUT2D eigenvalue weighted by Crippen LogP contribution is -2.63. The van der Waals surface area contributed by atoms with Crippen molar-refractivity contribution in [2.24, 2.45) is 0 Å². The first-order chi connectivity index (χ1) is 10.1. The highest BCUT2D eigenvalue weighted by atomic mass is 17.1. The molecule has 0 aromatic carbocycles. The van der Waals surface area contributed by atoms with Crippen LogP contribution >= 0.6 is 0 Å². The van der Waals surface area contributed by atoms with Crippen LogP contribution in [0.3, 0.4) is 0 Å². The highest BCUT2D eigenvalue weighted by Crippen LogP contribution is 2.32. The molecule has 1 heterocycles. The number of amides is 1. The van der Waals surface area contributed by atoms with Crippen LogP contribution in [0.5, 0.6) is 0 Å². The third-order valence-corrected chi connectivity index (χ3v) is 4.08. The maximum Gasteiger partial charge on any atom is 0.351 e. The van der Waals surface area contributed by atoms with Crippen LogP contribution in [0, 0.1) is 0 Å². The Morgan fingerprint density at radius 3 is 2.23 bits per heavy atom. The summed E-state index contributed by atoms with van der Waals surface area (Å²) in [5, 5.41) is 12.0. The standard InChI is InChI=1S/C16H30N2O4/c1-6-7-8-18(13(19)9-14(20)22-21)12-10-15(2,3)17-16(4,5)11-12/h12,17,21H,6-11H2,1-5H3. The first kappa shape index (κ1) is 18.9. The molecule has 0 aliphatic carbocycles. The average Bonchev–Trinajstić information content (AvgIpc) is 2.35. The molecule has 0 spiro atoms. The Labute approximate surface area is 133 Å². The van der Waals surface area contributed by atoms with E-state index in [1.165, 1.54) is 0 Å². The van der Waals surface area contributed by atoms with E-state index in [9.17, 15) is 9.59 Å². The summed E-state index contributed by atoms with van der Waals surface area (Å²) in [5.41, 5.74) is -0.150. The van der Waals surface area contributed by atoms with E-state index < -0.39 is 12.4 Å². The van der Waals surface area contributed by atoms with Gasteiger partial charge in [0, 0.05) is 23.7 Å². The maximum absolute atomic E-state index is 12.4. The molecule has 1 saturated heterocycles. The van der Waals surface area contributed by atoms with Gasteiger partial charge in [0.25, 0.3) is 0 Å². The van der Waals surface area contributed by atoms with Gasteiger partial charge < -0.3 is 15.1 Å². The van der Waals surface area contributed by atoms with Crippen molar-refractivity contribution in [3.8, 4) is 0 Å². The van der Waals surface area contributed by atoms with Crippen LogP contribution in [-0.2, 0) is 14.5 Å². The zero-order valence-corrected chi connectivity index (χ0v) is 14.4. The summed E-state index contributed by atoms with van der Waals surface area (Å²) in [6.45, 7) is 11.2. The topological polar surface area (TPSA) is 78.9 Å². The van der Waals surface area contributed by atoms with E-state index in [4.69, 9.17) is 5.26 Å². The van der Waals surface area contributed by atoms with Crippen molar-refractivity contribution in [3.05, 3.63) is 0 Å². The molecule has 6 heteroatoms. The Morgan fingerprint density at radius 1 is 1.23 bits per heavy atom. The van der Waals surface area contributed by atoms with Crippen molar-refractivity contribution in [2.75, 3.05) is 6.54 Å². The van der Waals surface area contributed by atoms with Crippen LogP contribution in [0.4, 0.5) is 0 Å². The van der Waals surface area contributed by atoms with E-state index in [1.54, 1.807) is 4.90 Å². The molecule has 0 atom stereocenters. The molecule has 22 heavy (non-hydrogen) atoms. The van der Waals surface area contributed by atoms with Gasteiger partial charge in [-0.1, -0.05) is 13.3 Å². The van der Waals surface area contributed by atoms with E-state index in [0.29, 0.717) is 6.54 Å². The number of unbranched alkanes of at least 4 members (excludes halogenated alkanes) is 1. The molecule has 128 valence electrons. The van der Waals surface area contributed by atoms with Gasteiger partial charge in [-0.05, 0) is 47.0 Å². The number of carbonyl (C=O) groups excluding carboxylic acids is 2. The summed E-state index contributed by atoms with van der Waals surface area (Å²) in [7, 11) is 0. The lowest BCUT2D eigenvalue weighted by molar-refractivity contribution is -0.234. The normalized spacial score (nSPS) is 20.5. The van der Waals surface area contributed by atoms with Crippen molar-refractivity contribution in [1.29, 1.82) is 0 Å². The quantitative estimate of drug-likeness (QED) is 0.447. The zero-order chi connectivity index (χ0) is 17.0. The Bertz CT molecular complexity index is 391. The zero-order valence-electron chi connectivity index (χ0n) is 14.4. The van der Waals surface area contributed by atoms with Gasteiger partial charge in [-0.3, -0.25) is 4.79 Å². The van der Waals surface area contributed by atoms with Crippen LogP contribution < -0.4 is 5.32 Å². The average molecular weight is 314 g/mol. The monoisotopic (exact) mass is 314 g/mol. The SMILES string of the molecule is CCCCN(C(=O)CC(=O)OO)C1CC(C)(C)NC(C)(C)C1. The molecular formula is C16H30N2O4. The van der Waals surface area contributed by atoms with E-state index in [0.717, 1.165) is 25.7 Å². The molecule has 0 radical (unpaired) electrons. The number of carbonyl (C=O) groups is 2. The van der Waals surface area contributed by atoms with Crippen molar-refractivity contribution in [3.63, 3.8) is 0 Å². The Morgan fingerprint density at radius 2 is 1.77 bits per heavy atom. The number of nitrogens with one attached hydrogen (secondary N) is 1. The summed E-state index contributed by atoms with van der Waals surface area (Å²) >= 11 is 0. The van der Waals surface area contributed by atoms with Gasteiger partial charge in [0.2, 0.25) is 5.91 Å². The number of hydrogen-bond acceptors (Lipinski definition) is 5. The lowest BCUT2D eigenvalue weighted by atomic mass is 9.79. The number of piperidine rings is 1. The van der Waals surface area contributed by atoms with Gasteiger partial charge in [0.15, 0.2) is 0 Å². The Kier molecular flexibility index (Phi) is 6.38. The molecule has 1 aliphatic heterocycles. The largest absolute Gasteiger partial charge is 0.351 e. The summed E-state index contributed by atoms with van der Waals surface area (Å²) in [6.07, 6.45) is 3.13. The molecule has 0 aromatic heterocycles. The Balaban J connectivity index is 2.90.